The van der Waals surface area contributed by atoms with Crippen LogP contribution in [-0.4, -0.2) is 42.8 Å². The fourth-order valence-corrected chi connectivity index (χ4v) is 1.18. The van der Waals surface area contributed by atoms with E-state index in [1.807, 2.05) is 0 Å². The molecule has 0 aromatic heterocycles. The van der Waals surface area contributed by atoms with E-state index >= 15 is 0 Å². The topological polar surface area (TPSA) is 49.4 Å². The van der Waals surface area contributed by atoms with Gasteiger partial charge in [-0.1, -0.05) is 0 Å². The van der Waals surface area contributed by atoms with Crippen LogP contribution in [0.3, 0.4) is 0 Å². The van der Waals surface area contributed by atoms with Gasteiger partial charge in [-0.2, -0.15) is 0 Å². The van der Waals surface area contributed by atoms with Crippen LogP contribution in [0, 0.1) is 0 Å². The summed E-state index contributed by atoms with van der Waals surface area (Å²) in [4.78, 5) is 22.6. The zero-order valence-electron chi connectivity index (χ0n) is 6.46. The predicted molar refractivity (Wildman–Crippen MR) is 39.7 cm³/mol. The number of rotatable bonds is 2. The van der Waals surface area contributed by atoms with Crippen molar-refractivity contribution in [3.05, 3.63) is 0 Å². The standard InChI is InChI=1S/C7H11N2O2/c1-6(11)7-4-8-2-3-9(7)5-10/h7-8H,2-4H2,1H3. The summed E-state index contributed by atoms with van der Waals surface area (Å²) in [6.07, 6.45) is 1.76. The van der Waals surface area contributed by atoms with Gasteiger partial charge in [0.25, 0.3) is 0 Å². The van der Waals surface area contributed by atoms with Crippen LogP contribution in [-0.2, 0) is 9.59 Å². The molecule has 1 fully saturated rings. The molecule has 1 saturated heterocycles. The van der Waals surface area contributed by atoms with Crippen molar-refractivity contribution in [1.82, 2.24) is 10.2 Å². The first-order chi connectivity index (χ1) is 5.25. The van der Waals surface area contributed by atoms with Gasteiger partial charge >= 0.3 is 6.41 Å². The summed E-state index contributed by atoms with van der Waals surface area (Å²) in [5.41, 5.74) is 0. The Morgan fingerprint density at radius 2 is 2.45 bits per heavy atom. The molecule has 0 spiro atoms. The second-order valence-electron chi connectivity index (χ2n) is 2.62. The summed E-state index contributed by atoms with van der Waals surface area (Å²) in [5.74, 6) is 0.0144. The summed E-state index contributed by atoms with van der Waals surface area (Å²) < 4.78 is 0. The van der Waals surface area contributed by atoms with E-state index in [-0.39, 0.29) is 11.8 Å². The van der Waals surface area contributed by atoms with E-state index < -0.39 is 0 Å². The molecule has 0 aliphatic carbocycles. The highest BCUT2D eigenvalue weighted by Gasteiger charge is 2.24. The molecule has 1 aliphatic rings. The van der Waals surface area contributed by atoms with Crippen molar-refractivity contribution in [3.8, 4) is 0 Å². The largest absolute Gasteiger partial charge is 0.322 e. The number of nitrogens with zero attached hydrogens (tertiary/aromatic N) is 1. The summed E-state index contributed by atoms with van der Waals surface area (Å²) in [6, 6.07) is -0.304. The molecule has 11 heavy (non-hydrogen) atoms. The van der Waals surface area contributed by atoms with E-state index in [2.05, 4.69) is 5.32 Å². The van der Waals surface area contributed by atoms with E-state index in [1.165, 1.54) is 11.8 Å². The number of amides is 1. The number of nitrogens with one attached hydrogen (secondary N) is 1. The molecule has 1 N–H and O–H groups in total. The van der Waals surface area contributed by atoms with Crippen LogP contribution in [0.25, 0.3) is 0 Å². The van der Waals surface area contributed by atoms with Crippen LogP contribution in [0.5, 0.6) is 0 Å². The molecule has 1 radical (unpaired) electrons. The average molecular weight is 155 g/mol. The first kappa shape index (κ1) is 8.20. The maximum absolute atomic E-state index is 10.9. The number of carbonyl (C=O) groups excluding carboxylic acids is 2. The Morgan fingerprint density at radius 3 is 2.91 bits per heavy atom. The first-order valence-electron chi connectivity index (χ1n) is 3.61. The van der Waals surface area contributed by atoms with Crippen molar-refractivity contribution in [2.45, 2.75) is 13.0 Å². The summed E-state index contributed by atoms with van der Waals surface area (Å²) >= 11 is 0. The molecular formula is C7H11N2O2. The van der Waals surface area contributed by atoms with Crippen molar-refractivity contribution in [2.75, 3.05) is 19.6 Å². The molecule has 0 bridgehead atoms. The number of piperazine rings is 1. The van der Waals surface area contributed by atoms with Crippen molar-refractivity contribution in [2.24, 2.45) is 0 Å². The molecule has 61 valence electrons. The smallest absolute Gasteiger partial charge is 0.312 e. The van der Waals surface area contributed by atoms with Crippen LogP contribution in [0.4, 0.5) is 0 Å². The first-order valence-corrected chi connectivity index (χ1v) is 3.61. The lowest BCUT2D eigenvalue weighted by molar-refractivity contribution is -0.121. The van der Waals surface area contributed by atoms with Crippen LogP contribution >= 0.6 is 0 Å². The van der Waals surface area contributed by atoms with Gasteiger partial charge in [0.2, 0.25) is 0 Å². The number of Topliss-reactive ketones (excluding diaryl/α,β-unsaturated/α-hetero) is 1. The Labute approximate surface area is 65.6 Å². The molecule has 4 heteroatoms. The summed E-state index contributed by atoms with van der Waals surface area (Å²) in [7, 11) is 0. The second-order valence-corrected chi connectivity index (χ2v) is 2.62. The zero-order chi connectivity index (χ0) is 8.27. The molecule has 1 atom stereocenters. The van der Waals surface area contributed by atoms with Gasteiger partial charge in [-0.3, -0.25) is 9.59 Å². The van der Waals surface area contributed by atoms with E-state index in [9.17, 15) is 9.59 Å². The van der Waals surface area contributed by atoms with Gasteiger partial charge in [0.1, 0.15) is 6.04 Å². The van der Waals surface area contributed by atoms with E-state index in [0.29, 0.717) is 13.1 Å². The highest BCUT2D eigenvalue weighted by atomic mass is 16.1. The third kappa shape index (κ3) is 1.77. The number of hydrogen-bond acceptors (Lipinski definition) is 3. The van der Waals surface area contributed by atoms with E-state index in [1.54, 1.807) is 6.41 Å². The number of hydrogen-bond donors (Lipinski definition) is 1. The van der Waals surface area contributed by atoms with Gasteiger partial charge in [-0.05, 0) is 6.92 Å². The predicted octanol–water partition coefficient (Wildman–Crippen LogP) is -1.08. The van der Waals surface area contributed by atoms with Gasteiger partial charge in [-0.25, -0.2) is 0 Å². The molecule has 0 aromatic rings. The Morgan fingerprint density at radius 1 is 1.73 bits per heavy atom. The lowest BCUT2D eigenvalue weighted by atomic mass is 10.1. The maximum Gasteiger partial charge on any atom is 0.312 e. The van der Waals surface area contributed by atoms with Crippen LogP contribution in [0.15, 0.2) is 0 Å². The average Bonchev–Trinajstić information content (AvgIpc) is 2.04. The molecule has 4 nitrogen and oxygen atoms in total. The van der Waals surface area contributed by atoms with Crippen molar-refractivity contribution in [3.63, 3.8) is 0 Å². The van der Waals surface area contributed by atoms with Crippen LogP contribution in [0.1, 0.15) is 6.92 Å². The third-order valence-electron chi connectivity index (χ3n) is 1.83. The lowest BCUT2D eigenvalue weighted by Gasteiger charge is -2.30. The Bertz CT molecular complexity index is 170. The molecule has 0 aromatic carbocycles. The highest BCUT2D eigenvalue weighted by molar-refractivity contribution is 5.83. The molecule has 1 unspecified atom stereocenters. The molecule has 1 rings (SSSR count). The molecule has 1 aliphatic heterocycles. The van der Waals surface area contributed by atoms with Gasteiger partial charge in [0.05, 0.1) is 0 Å². The highest BCUT2D eigenvalue weighted by Crippen LogP contribution is 2.00. The normalized spacial score (nSPS) is 24.8. The van der Waals surface area contributed by atoms with Gasteiger partial charge in [0.15, 0.2) is 5.78 Å². The zero-order valence-corrected chi connectivity index (χ0v) is 6.46. The van der Waals surface area contributed by atoms with E-state index in [0.717, 1.165) is 6.54 Å². The monoisotopic (exact) mass is 155 g/mol. The fraction of sp³-hybridized carbons (Fsp3) is 0.714. The number of ketones is 1. The van der Waals surface area contributed by atoms with E-state index in [4.69, 9.17) is 0 Å². The fourth-order valence-electron chi connectivity index (χ4n) is 1.18. The van der Waals surface area contributed by atoms with Crippen molar-refractivity contribution < 1.29 is 9.59 Å². The summed E-state index contributed by atoms with van der Waals surface area (Å²) in [6.45, 7) is 3.37. The van der Waals surface area contributed by atoms with Crippen LogP contribution < -0.4 is 5.32 Å². The maximum atomic E-state index is 10.9. The Kier molecular flexibility index (Phi) is 2.59. The second kappa shape index (κ2) is 3.48. The Balaban J connectivity index is 2.58. The van der Waals surface area contributed by atoms with Crippen molar-refractivity contribution in [1.29, 1.82) is 0 Å². The minimum atomic E-state index is -0.304. The minimum absolute atomic E-state index is 0.0144. The quantitative estimate of drug-likeness (QED) is 0.551. The lowest BCUT2D eigenvalue weighted by Crippen LogP contribution is -2.53. The molecular weight excluding hydrogens is 144 g/mol. The van der Waals surface area contributed by atoms with Gasteiger partial charge < -0.3 is 10.2 Å². The molecule has 1 amide bonds. The third-order valence-corrected chi connectivity index (χ3v) is 1.83. The van der Waals surface area contributed by atoms with Gasteiger partial charge in [-0.15, -0.1) is 0 Å². The van der Waals surface area contributed by atoms with Crippen molar-refractivity contribution >= 4 is 12.2 Å². The SMILES string of the molecule is CC(=O)C1CNCCN1[C]=O. The Hall–Kier alpha value is -0.900. The summed E-state index contributed by atoms with van der Waals surface area (Å²) in [5, 5.41) is 3.04. The minimum Gasteiger partial charge on any atom is -0.322 e. The molecule has 1 heterocycles. The number of carbonyl (C=O) groups is 1. The van der Waals surface area contributed by atoms with Crippen LogP contribution in [0.2, 0.25) is 0 Å². The molecule has 0 saturated carbocycles. The van der Waals surface area contributed by atoms with Gasteiger partial charge in [0, 0.05) is 19.6 Å².